The molecule has 0 heterocycles. The number of halogens is 1. The topological polar surface area (TPSA) is 46.2 Å². The van der Waals surface area contributed by atoms with E-state index < -0.39 is 11.5 Å². The molecule has 0 amide bonds. The summed E-state index contributed by atoms with van der Waals surface area (Å²) in [6.07, 6.45) is 1.02. The maximum Gasteiger partial charge on any atom is 0.126 e. The molecule has 110 valence electrons. The van der Waals surface area contributed by atoms with E-state index in [1.807, 2.05) is 12.1 Å². The number of aliphatic hydroxyl groups is 1. The van der Waals surface area contributed by atoms with Crippen molar-refractivity contribution in [2.24, 2.45) is 5.73 Å². The highest BCUT2D eigenvalue weighted by atomic mass is 19.1. The highest BCUT2D eigenvalue weighted by molar-refractivity contribution is 5.43. The number of aryl methyl sites for hydroxylation is 2. The van der Waals surface area contributed by atoms with Gasteiger partial charge in [0.05, 0.1) is 6.10 Å². The molecular formula is C18H20FNO. The van der Waals surface area contributed by atoms with Crippen LogP contribution < -0.4 is 5.73 Å². The van der Waals surface area contributed by atoms with Crippen molar-refractivity contribution in [2.45, 2.75) is 31.3 Å². The van der Waals surface area contributed by atoms with Crippen molar-refractivity contribution in [1.29, 1.82) is 0 Å². The fraction of sp³-hybridized carbons (Fsp3) is 0.333. The molecule has 3 heteroatoms. The Labute approximate surface area is 124 Å². The lowest BCUT2D eigenvalue weighted by atomic mass is 9.74. The first-order chi connectivity index (χ1) is 10.1. The van der Waals surface area contributed by atoms with E-state index in [9.17, 15) is 9.50 Å². The minimum absolute atomic E-state index is 0.250. The van der Waals surface area contributed by atoms with Crippen molar-refractivity contribution in [1.82, 2.24) is 0 Å². The minimum Gasteiger partial charge on any atom is -0.387 e. The molecule has 21 heavy (non-hydrogen) atoms. The van der Waals surface area contributed by atoms with Crippen LogP contribution in [-0.4, -0.2) is 11.7 Å². The Bertz CT molecular complexity index is 670. The fourth-order valence-corrected chi connectivity index (χ4v) is 3.48. The van der Waals surface area contributed by atoms with E-state index in [1.165, 1.54) is 11.6 Å². The van der Waals surface area contributed by atoms with Gasteiger partial charge in [-0.2, -0.15) is 0 Å². The zero-order chi connectivity index (χ0) is 15.0. The van der Waals surface area contributed by atoms with Crippen LogP contribution in [0.2, 0.25) is 0 Å². The Morgan fingerprint density at radius 2 is 2.05 bits per heavy atom. The maximum absolute atomic E-state index is 13.4. The van der Waals surface area contributed by atoms with E-state index >= 15 is 0 Å². The van der Waals surface area contributed by atoms with Crippen LogP contribution in [0.1, 0.15) is 34.8 Å². The molecule has 1 aliphatic rings. The second-order valence-electron chi connectivity index (χ2n) is 5.93. The van der Waals surface area contributed by atoms with E-state index in [2.05, 4.69) is 12.1 Å². The summed E-state index contributed by atoms with van der Waals surface area (Å²) in [7, 11) is 0. The number of benzene rings is 2. The summed E-state index contributed by atoms with van der Waals surface area (Å²) < 4.78 is 13.4. The van der Waals surface area contributed by atoms with Crippen molar-refractivity contribution in [2.75, 3.05) is 6.54 Å². The average molecular weight is 285 g/mol. The van der Waals surface area contributed by atoms with Gasteiger partial charge in [-0.3, -0.25) is 0 Å². The third kappa shape index (κ3) is 2.17. The Kier molecular flexibility index (Phi) is 3.56. The first-order valence-corrected chi connectivity index (χ1v) is 7.31. The van der Waals surface area contributed by atoms with Gasteiger partial charge in [0, 0.05) is 12.0 Å². The predicted octanol–water partition coefficient (Wildman–Crippen LogP) is 3.01. The summed E-state index contributed by atoms with van der Waals surface area (Å²) in [5.41, 5.74) is 9.24. The maximum atomic E-state index is 13.4. The fourth-order valence-electron chi connectivity index (χ4n) is 3.48. The standard InChI is InChI=1S/C18H20FNO/c1-12-10-14(6-7-16(12)19)17(21)18(11-20)9-8-13-4-2-3-5-15(13)18/h2-7,10,17,21H,8-9,11,20H2,1H3. The average Bonchev–Trinajstić information content (AvgIpc) is 2.89. The van der Waals surface area contributed by atoms with Crippen LogP contribution in [0.3, 0.4) is 0 Å². The first kappa shape index (κ1) is 14.2. The van der Waals surface area contributed by atoms with Gasteiger partial charge >= 0.3 is 0 Å². The van der Waals surface area contributed by atoms with Gasteiger partial charge in [0.15, 0.2) is 0 Å². The summed E-state index contributed by atoms with van der Waals surface area (Å²) in [6.45, 7) is 2.09. The minimum atomic E-state index is -0.717. The van der Waals surface area contributed by atoms with Crippen LogP contribution in [0.15, 0.2) is 42.5 Å². The van der Waals surface area contributed by atoms with Gasteiger partial charge in [-0.1, -0.05) is 36.4 Å². The molecule has 2 aromatic rings. The number of aliphatic hydroxyl groups excluding tert-OH is 1. The lowest BCUT2D eigenvalue weighted by Crippen LogP contribution is -2.39. The molecule has 0 bridgehead atoms. The quantitative estimate of drug-likeness (QED) is 0.910. The van der Waals surface area contributed by atoms with E-state index in [1.54, 1.807) is 19.1 Å². The summed E-state index contributed by atoms with van der Waals surface area (Å²) in [4.78, 5) is 0. The molecule has 2 atom stereocenters. The molecule has 3 rings (SSSR count). The Morgan fingerprint density at radius 3 is 2.76 bits per heavy atom. The predicted molar refractivity (Wildman–Crippen MR) is 81.6 cm³/mol. The second-order valence-corrected chi connectivity index (χ2v) is 5.93. The molecule has 2 nitrogen and oxygen atoms in total. The van der Waals surface area contributed by atoms with Gasteiger partial charge in [-0.15, -0.1) is 0 Å². The lowest BCUT2D eigenvalue weighted by molar-refractivity contribution is 0.0839. The molecule has 3 N–H and O–H groups in total. The molecule has 2 aromatic carbocycles. The van der Waals surface area contributed by atoms with E-state index in [4.69, 9.17) is 5.73 Å². The molecule has 0 radical (unpaired) electrons. The van der Waals surface area contributed by atoms with Gasteiger partial charge in [0.1, 0.15) is 5.82 Å². The van der Waals surface area contributed by atoms with Crippen molar-refractivity contribution < 1.29 is 9.50 Å². The van der Waals surface area contributed by atoms with E-state index in [-0.39, 0.29) is 5.82 Å². The zero-order valence-corrected chi connectivity index (χ0v) is 12.1. The Balaban J connectivity index is 2.06. The largest absolute Gasteiger partial charge is 0.387 e. The highest BCUT2D eigenvalue weighted by Crippen LogP contribution is 2.46. The molecule has 0 spiro atoms. The van der Waals surface area contributed by atoms with Gasteiger partial charge < -0.3 is 10.8 Å². The Morgan fingerprint density at radius 1 is 1.29 bits per heavy atom. The van der Waals surface area contributed by atoms with Gasteiger partial charge in [0.25, 0.3) is 0 Å². The van der Waals surface area contributed by atoms with Gasteiger partial charge in [-0.05, 0) is 48.1 Å². The summed E-state index contributed by atoms with van der Waals surface area (Å²) >= 11 is 0. The first-order valence-electron chi connectivity index (χ1n) is 7.31. The molecule has 0 aliphatic heterocycles. The van der Waals surface area contributed by atoms with Crippen LogP contribution in [0.5, 0.6) is 0 Å². The molecule has 0 saturated heterocycles. The van der Waals surface area contributed by atoms with Crippen LogP contribution in [0.4, 0.5) is 4.39 Å². The number of hydrogen-bond acceptors (Lipinski definition) is 2. The third-order valence-electron chi connectivity index (χ3n) is 4.78. The molecule has 2 unspecified atom stereocenters. The number of nitrogens with two attached hydrogens (primary N) is 1. The third-order valence-corrected chi connectivity index (χ3v) is 4.78. The SMILES string of the molecule is Cc1cc(C(O)C2(CN)CCc3ccccc32)ccc1F. The number of fused-ring (bicyclic) bond motifs is 1. The molecule has 0 aromatic heterocycles. The van der Waals surface area contributed by atoms with Gasteiger partial charge in [0.2, 0.25) is 0 Å². The summed E-state index contributed by atoms with van der Waals surface area (Å²) in [6, 6.07) is 12.9. The molecule has 0 fully saturated rings. The van der Waals surface area contributed by atoms with Crippen LogP contribution in [-0.2, 0) is 11.8 Å². The van der Waals surface area contributed by atoms with E-state index in [0.29, 0.717) is 12.1 Å². The van der Waals surface area contributed by atoms with Crippen molar-refractivity contribution >= 4 is 0 Å². The number of rotatable bonds is 3. The lowest BCUT2D eigenvalue weighted by Gasteiger charge is -2.34. The van der Waals surface area contributed by atoms with Crippen LogP contribution in [0, 0.1) is 12.7 Å². The molecule has 0 saturated carbocycles. The van der Waals surface area contributed by atoms with Gasteiger partial charge in [-0.25, -0.2) is 4.39 Å². The van der Waals surface area contributed by atoms with Crippen molar-refractivity contribution in [3.05, 3.63) is 70.5 Å². The monoisotopic (exact) mass is 285 g/mol. The molecular weight excluding hydrogens is 265 g/mol. The normalized spacial score (nSPS) is 22.1. The van der Waals surface area contributed by atoms with Crippen LogP contribution in [0.25, 0.3) is 0 Å². The summed E-state index contributed by atoms with van der Waals surface area (Å²) in [5.74, 6) is -0.250. The van der Waals surface area contributed by atoms with Crippen molar-refractivity contribution in [3.8, 4) is 0 Å². The zero-order valence-electron chi connectivity index (χ0n) is 12.1. The Hall–Kier alpha value is -1.71. The van der Waals surface area contributed by atoms with Crippen LogP contribution >= 0.6 is 0 Å². The van der Waals surface area contributed by atoms with Crippen molar-refractivity contribution in [3.63, 3.8) is 0 Å². The second kappa shape index (κ2) is 5.24. The number of hydrogen-bond donors (Lipinski definition) is 2. The highest BCUT2D eigenvalue weighted by Gasteiger charge is 2.44. The molecule has 1 aliphatic carbocycles. The van der Waals surface area contributed by atoms with E-state index in [0.717, 1.165) is 24.0 Å². The summed E-state index contributed by atoms with van der Waals surface area (Å²) in [5, 5.41) is 10.9. The smallest absolute Gasteiger partial charge is 0.126 e.